The molecule has 1 amide bonds. The van der Waals surface area contributed by atoms with Crippen molar-refractivity contribution in [3.8, 4) is 0 Å². The molecule has 6 heteroatoms. The van der Waals surface area contributed by atoms with E-state index >= 15 is 0 Å². The normalized spacial score (nSPS) is 11.6. The van der Waals surface area contributed by atoms with E-state index in [1.165, 1.54) is 0 Å². The van der Waals surface area contributed by atoms with Crippen LogP contribution in [0.4, 0.5) is 0 Å². The highest BCUT2D eigenvalue weighted by molar-refractivity contribution is 7.88. The molecule has 1 aromatic rings. The quantitative estimate of drug-likeness (QED) is 0.802. The predicted octanol–water partition coefficient (Wildman–Crippen LogP) is 1.54. The van der Waals surface area contributed by atoms with Crippen LogP contribution in [0.1, 0.15) is 38.3 Å². The topological polar surface area (TPSA) is 75.3 Å². The molecule has 0 aliphatic heterocycles. The average Bonchev–Trinajstić information content (AvgIpc) is 2.35. The van der Waals surface area contributed by atoms with Crippen LogP contribution in [0.3, 0.4) is 0 Å². The zero-order valence-corrected chi connectivity index (χ0v) is 13.0. The Morgan fingerprint density at radius 1 is 1.15 bits per heavy atom. The Labute approximate surface area is 120 Å². The first-order valence-electron chi connectivity index (χ1n) is 6.67. The van der Waals surface area contributed by atoms with E-state index in [0.717, 1.165) is 11.1 Å². The molecule has 1 rings (SSSR count). The Kier molecular flexibility index (Phi) is 6.16. The third-order valence-electron chi connectivity index (χ3n) is 2.61. The van der Waals surface area contributed by atoms with Crippen molar-refractivity contribution in [3.05, 3.63) is 35.4 Å². The van der Waals surface area contributed by atoms with Gasteiger partial charge in [0.25, 0.3) is 0 Å². The van der Waals surface area contributed by atoms with E-state index in [0.29, 0.717) is 13.0 Å². The predicted molar refractivity (Wildman–Crippen MR) is 79.5 cm³/mol. The van der Waals surface area contributed by atoms with Crippen molar-refractivity contribution < 1.29 is 13.2 Å². The van der Waals surface area contributed by atoms with Crippen molar-refractivity contribution in [1.29, 1.82) is 0 Å². The monoisotopic (exact) mass is 298 g/mol. The average molecular weight is 298 g/mol. The van der Waals surface area contributed by atoms with Gasteiger partial charge < -0.3 is 5.32 Å². The van der Waals surface area contributed by atoms with E-state index in [4.69, 9.17) is 0 Å². The first-order valence-corrected chi connectivity index (χ1v) is 8.32. The maximum absolute atomic E-state index is 11.8. The third-order valence-corrected chi connectivity index (χ3v) is 4.15. The van der Waals surface area contributed by atoms with Gasteiger partial charge in [-0.25, -0.2) is 13.1 Å². The van der Waals surface area contributed by atoms with Crippen LogP contribution in [-0.2, 0) is 27.1 Å². The second-order valence-electron chi connectivity index (χ2n) is 4.98. The summed E-state index contributed by atoms with van der Waals surface area (Å²) in [7, 11) is -3.30. The zero-order valence-electron chi connectivity index (χ0n) is 12.1. The van der Waals surface area contributed by atoms with E-state index in [1.54, 1.807) is 32.9 Å². The van der Waals surface area contributed by atoms with Crippen LogP contribution >= 0.6 is 0 Å². The van der Waals surface area contributed by atoms with E-state index < -0.39 is 10.0 Å². The molecular formula is C14H22N2O3S. The Hall–Kier alpha value is -1.40. The number of amides is 1. The molecule has 0 saturated carbocycles. The van der Waals surface area contributed by atoms with Gasteiger partial charge in [-0.1, -0.05) is 31.2 Å². The third kappa shape index (κ3) is 6.16. The van der Waals surface area contributed by atoms with Gasteiger partial charge in [-0.05, 0) is 25.0 Å². The summed E-state index contributed by atoms with van der Waals surface area (Å²) in [6.07, 6.45) is 0.456. The Balaban J connectivity index is 2.61. The van der Waals surface area contributed by atoms with Crippen LogP contribution in [0.2, 0.25) is 0 Å². The van der Waals surface area contributed by atoms with E-state index in [2.05, 4.69) is 10.0 Å². The molecule has 20 heavy (non-hydrogen) atoms. The number of carbonyl (C=O) groups is 1. The maximum atomic E-state index is 11.8. The molecule has 5 nitrogen and oxygen atoms in total. The molecule has 112 valence electrons. The highest BCUT2D eigenvalue weighted by atomic mass is 32.2. The van der Waals surface area contributed by atoms with Crippen molar-refractivity contribution in [1.82, 2.24) is 10.0 Å². The molecule has 0 heterocycles. The summed E-state index contributed by atoms with van der Waals surface area (Å²) in [6, 6.07) is 7.09. The molecule has 0 aromatic heterocycles. The molecule has 1 aromatic carbocycles. The number of carbonyl (C=O) groups excluding carboxylic acids is 1. The van der Waals surface area contributed by atoms with Crippen LogP contribution in [0.5, 0.6) is 0 Å². The summed E-state index contributed by atoms with van der Waals surface area (Å²) in [5, 5.41) is 2.77. The number of hydrogen-bond acceptors (Lipinski definition) is 3. The van der Waals surface area contributed by atoms with Crippen molar-refractivity contribution >= 4 is 15.9 Å². The fourth-order valence-electron chi connectivity index (χ4n) is 1.70. The van der Waals surface area contributed by atoms with Gasteiger partial charge in [0, 0.05) is 19.0 Å². The van der Waals surface area contributed by atoms with Gasteiger partial charge in [0.05, 0.1) is 5.75 Å². The molecule has 0 aliphatic carbocycles. The van der Waals surface area contributed by atoms with Crippen LogP contribution < -0.4 is 10.0 Å². The molecule has 0 aliphatic rings. The van der Waals surface area contributed by atoms with Crippen LogP contribution in [0.15, 0.2) is 24.3 Å². The lowest BCUT2D eigenvalue weighted by atomic mass is 10.1. The molecule has 2 N–H and O–H groups in total. The van der Waals surface area contributed by atoms with Gasteiger partial charge in [-0.2, -0.15) is 0 Å². The summed E-state index contributed by atoms with van der Waals surface area (Å²) in [5.41, 5.74) is 1.67. The molecule has 0 spiro atoms. The van der Waals surface area contributed by atoms with Gasteiger partial charge in [0.1, 0.15) is 0 Å². The molecule has 0 radical (unpaired) electrons. The lowest BCUT2D eigenvalue weighted by molar-refractivity contribution is -0.120. The molecule has 0 atom stereocenters. The van der Waals surface area contributed by atoms with Crippen molar-refractivity contribution in [2.45, 2.75) is 45.5 Å². The SMILES string of the molecule is CCC(=O)NCc1ccc(CS(=O)(=O)NC(C)C)cc1. The second kappa shape index (κ2) is 7.40. The number of hydrogen-bond donors (Lipinski definition) is 2. The fourth-order valence-corrected chi connectivity index (χ4v) is 3.13. The second-order valence-corrected chi connectivity index (χ2v) is 6.73. The smallest absolute Gasteiger partial charge is 0.219 e. The summed E-state index contributed by atoms with van der Waals surface area (Å²) in [6.45, 7) is 5.84. The van der Waals surface area contributed by atoms with Gasteiger partial charge in [0.2, 0.25) is 15.9 Å². The van der Waals surface area contributed by atoms with E-state index in [-0.39, 0.29) is 17.7 Å². The molecule has 0 unspecified atom stereocenters. The van der Waals surface area contributed by atoms with Gasteiger partial charge in [0.15, 0.2) is 0 Å². The molecule has 0 saturated heterocycles. The van der Waals surface area contributed by atoms with Crippen LogP contribution in [0, 0.1) is 0 Å². The van der Waals surface area contributed by atoms with Crippen molar-refractivity contribution in [2.75, 3.05) is 0 Å². The highest BCUT2D eigenvalue weighted by Gasteiger charge is 2.12. The van der Waals surface area contributed by atoms with E-state index in [9.17, 15) is 13.2 Å². The molecule has 0 bridgehead atoms. The highest BCUT2D eigenvalue weighted by Crippen LogP contribution is 2.08. The first kappa shape index (κ1) is 16.7. The fraction of sp³-hybridized carbons (Fsp3) is 0.500. The van der Waals surface area contributed by atoms with Crippen molar-refractivity contribution in [3.63, 3.8) is 0 Å². The lowest BCUT2D eigenvalue weighted by Gasteiger charge is -2.10. The summed E-state index contributed by atoms with van der Waals surface area (Å²) < 4.78 is 26.1. The summed E-state index contributed by atoms with van der Waals surface area (Å²) in [4.78, 5) is 11.1. The van der Waals surface area contributed by atoms with Crippen molar-refractivity contribution in [2.24, 2.45) is 0 Å². The largest absolute Gasteiger partial charge is 0.352 e. The van der Waals surface area contributed by atoms with E-state index in [1.807, 2.05) is 12.1 Å². The van der Waals surface area contributed by atoms with Crippen LogP contribution in [-0.4, -0.2) is 20.4 Å². The van der Waals surface area contributed by atoms with Gasteiger partial charge >= 0.3 is 0 Å². The summed E-state index contributed by atoms with van der Waals surface area (Å²) >= 11 is 0. The van der Waals surface area contributed by atoms with Gasteiger partial charge in [-0.3, -0.25) is 4.79 Å². The Morgan fingerprint density at radius 2 is 1.70 bits per heavy atom. The minimum Gasteiger partial charge on any atom is -0.352 e. The zero-order chi connectivity index (χ0) is 15.2. The Morgan fingerprint density at radius 3 is 2.20 bits per heavy atom. The summed E-state index contributed by atoms with van der Waals surface area (Å²) in [5.74, 6) is -0.0370. The number of rotatable bonds is 7. The van der Waals surface area contributed by atoms with Gasteiger partial charge in [-0.15, -0.1) is 0 Å². The number of benzene rings is 1. The minimum atomic E-state index is -3.30. The Bertz CT molecular complexity index is 536. The number of sulfonamides is 1. The molecule has 0 fully saturated rings. The van der Waals surface area contributed by atoms with Crippen LogP contribution in [0.25, 0.3) is 0 Å². The minimum absolute atomic E-state index is 0.00205. The number of nitrogens with one attached hydrogen (secondary N) is 2. The first-order chi connectivity index (χ1) is 9.32. The lowest BCUT2D eigenvalue weighted by Crippen LogP contribution is -2.31. The molecular weight excluding hydrogens is 276 g/mol. The maximum Gasteiger partial charge on any atom is 0.219 e. The standard InChI is InChI=1S/C14H22N2O3S/c1-4-14(17)15-9-12-5-7-13(8-6-12)10-20(18,19)16-11(2)3/h5-8,11,16H,4,9-10H2,1-3H3,(H,15,17).